The third-order valence-corrected chi connectivity index (χ3v) is 4.21. The predicted octanol–water partition coefficient (Wildman–Crippen LogP) is 0.0168. The molecule has 1 unspecified atom stereocenters. The maximum atomic E-state index is 12.3. The summed E-state index contributed by atoms with van der Waals surface area (Å²) >= 11 is 0. The van der Waals surface area contributed by atoms with Crippen LogP contribution in [0.4, 0.5) is 5.95 Å². The molecule has 1 atom stereocenters. The van der Waals surface area contributed by atoms with E-state index in [0.717, 1.165) is 6.42 Å². The minimum Gasteiger partial charge on any atom is -0.308 e. The van der Waals surface area contributed by atoms with Gasteiger partial charge in [0.1, 0.15) is 4.90 Å². The Labute approximate surface area is 126 Å². The third kappa shape index (κ3) is 5.92. The summed E-state index contributed by atoms with van der Waals surface area (Å²) in [5.41, 5.74) is 2.25. The molecule has 0 aliphatic carbocycles. The van der Waals surface area contributed by atoms with Gasteiger partial charge in [-0.3, -0.25) is 5.43 Å². The Morgan fingerprint density at radius 1 is 1.29 bits per heavy atom. The normalized spacial score (nSPS) is 13.7. The molecule has 9 heteroatoms. The molecule has 0 radical (unpaired) electrons. The molecule has 0 aliphatic heterocycles. The second-order valence-corrected chi connectivity index (χ2v) is 7.31. The molecule has 8 nitrogen and oxygen atoms in total. The van der Waals surface area contributed by atoms with E-state index in [0.29, 0.717) is 12.5 Å². The molecule has 0 fully saturated rings. The second-order valence-electron chi connectivity index (χ2n) is 5.60. The van der Waals surface area contributed by atoms with E-state index in [4.69, 9.17) is 5.84 Å². The van der Waals surface area contributed by atoms with Crippen LogP contribution in [0.15, 0.2) is 17.3 Å². The fourth-order valence-corrected chi connectivity index (χ4v) is 3.12. The van der Waals surface area contributed by atoms with Gasteiger partial charge in [-0.1, -0.05) is 13.8 Å². The van der Waals surface area contributed by atoms with E-state index in [1.165, 1.54) is 12.4 Å². The van der Waals surface area contributed by atoms with Crippen LogP contribution in [-0.2, 0) is 10.0 Å². The van der Waals surface area contributed by atoms with Crippen LogP contribution in [0.3, 0.4) is 0 Å². The average Bonchev–Trinajstić information content (AvgIpc) is 2.36. The summed E-state index contributed by atoms with van der Waals surface area (Å²) in [6.07, 6.45) is 3.21. The van der Waals surface area contributed by atoms with Crippen molar-refractivity contribution in [2.45, 2.75) is 31.2 Å². The lowest BCUT2D eigenvalue weighted by Crippen LogP contribution is -2.42. The number of nitrogen functional groups attached to an aromatic ring is 1. The first-order valence-electron chi connectivity index (χ1n) is 6.70. The van der Waals surface area contributed by atoms with Gasteiger partial charge >= 0.3 is 0 Å². The van der Waals surface area contributed by atoms with Gasteiger partial charge in [0.2, 0.25) is 16.0 Å². The van der Waals surface area contributed by atoms with Crippen LogP contribution in [0.5, 0.6) is 0 Å². The predicted molar refractivity (Wildman–Crippen MR) is 82.0 cm³/mol. The number of nitrogens with zero attached hydrogens (tertiary/aromatic N) is 3. The van der Waals surface area contributed by atoms with Crippen LogP contribution < -0.4 is 16.0 Å². The molecule has 0 saturated heterocycles. The van der Waals surface area contributed by atoms with Gasteiger partial charge in [-0.05, 0) is 26.4 Å². The number of anilines is 1. The quantitative estimate of drug-likeness (QED) is 0.457. The highest BCUT2D eigenvalue weighted by Gasteiger charge is 2.22. The Bertz CT molecular complexity index is 519. The minimum atomic E-state index is -3.65. The van der Waals surface area contributed by atoms with Crippen LogP contribution >= 0.6 is 0 Å². The second kappa shape index (κ2) is 7.64. The topological polar surface area (TPSA) is 113 Å². The number of hydrazine groups is 1. The van der Waals surface area contributed by atoms with Crippen molar-refractivity contribution >= 4 is 16.0 Å². The zero-order chi connectivity index (χ0) is 16.0. The molecule has 0 bridgehead atoms. The maximum Gasteiger partial charge on any atom is 0.243 e. The van der Waals surface area contributed by atoms with Crippen LogP contribution in [0.2, 0.25) is 0 Å². The summed E-state index contributed by atoms with van der Waals surface area (Å²) in [5, 5.41) is 0. The molecule has 120 valence electrons. The molecule has 0 saturated carbocycles. The first-order valence-corrected chi connectivity index (χ1v) is 8.18. The molecule has 0 amide bonds. The van der Waals surface area contributed by atoms with Crippen molar-refractivity contribution in [3.8, 4) is 0 Å². The number of sulfonamides is 1. The average molecular weight is 316 g/mol. The largest absolute Gasteiger partial charge is 0.308 e. The van der Waals surface area contributed by atoms with E-state index >= 15 is 0 Å². The number of nitrogens with two attached hydrogens (primary N) is 1. The van der Waals surface area contributed by atoms with Gasteiger partial charge in [-0.25, -0.2) is 29.0 Å². The lowest BCUT2D eigenvalue weighted by Gasteiger charge is -2.23. The first kappa shape index (κ1) is 17.8. The molecular weight excluding hydrogens is 292 g/mol. The summed E-state index contributed by atoms with van der Waals surface area (Å²) in [7, 11) is 0.172. The molecule has 0 aromatic carbocycles. The summed E-state index contributed by atoms with van der Waals surface area (Å²) in [6, 6.07) is -0.169. The summed E-state index contributed by atoms with van der Waals surface area (Å²) < 4.78 is 27.4. The Morgan fingerprint density at radius 3 is 2.29 bits per heavy atom. The summed E-state index contributed by atoms with van der Waals surface area (Å²) in [6.45, 7) is 4.74. The minimum absolute atomic E-state index is 0.0222. The van der Waals surface area contributed by atoms with Gasteiger partial charge in [0.15, 0.2) is 0 Å². The molecule has 0 aliphatic rings. The first-order chi connectivity index (χ1) is 9.74. The van der Waals surface area contributed by atoms with Crippen LogP contribution in [0, 0.1) is 5.92 Å². The fourth-order valence-electron chi connectivity index (χ4n) is 1.99. The van der Waals surface area contributed by atoms with Gasteiger partial charge in [-0.15, -0.1) is 0 Å². The standard InChI is InChI=1S/C12H24N6O2S/c1-9(2)5-10(8-18(3)4)17-21(19,20)11-6-14-12(16-13)15-7-11/h6-7,9-10,17H,5,8,13H2,1-4H3,(H,14,15,16). The van der Waals surface area contributed by atoms with E-state index in [1.54, 1.807) is 0 Å². The highest BCUT2D eigenvalue weighted by Crippen LogP contribution is 2.12. The van der Waals surface area contributed by atoms with Crippen molar-refractivity contribution in [3.05, 3.63) is 12.4 Å². The molecule has 4 N–H and O–H groups in total. The number of hydrogen-bond donors (Lipinski definition) is 3. The van der Waals surface area contributed by atoms with Crippen molar-refractivity contribution in [2.75, 3.05) is 26.1 Å². The maximum absolute atomic E-state index is 12.3. The number of likely N-dealkylation sites (N-methyl/N-ethyl adjacent to an activating group) is 1. The number of hydrogen-bond acceptors (Lipinski definition) is 7. The van der Waals surface area contributed by atoms with Gasteiger partial charge in [0.25, 0.3) is 0 Å². The van der Waals surface area contributed by atoms with Crippen molar-refractivity contribution in [3.63, 3.8) is 0 Å². The zero-order valence-electron chi connectivity index (χ0n) is 12.9. The van der Waals surface area contributed by atoms with Crippen molar-refractivity contribution < 1.29 is 8.42 Å². The Hall–Kier alpha value is -1.29. The van der Waals surface area contributed by atoms with Gasteiger partial charge in [0, 0.05) is 12.6 Å². The van der Waals surface area contributed by atoms with E-state index in [2.05, 4.69) is 34.0 Å². The van der Waals surface area contributed by atoms with Crippen LogP contribution in [-0.4, -0.2) is 50.0 Å². The molecule has 1 rings (SSSR count). The number of aromatic nitrogens is 2. The third-order valence-electron chi connectivity index (χ3n) is 2.73. The highest BCUT2D eigenvalue weighted by atomic mass is 32.2. The van der Waals surface area contributed by atoms with Gasteiger partial charge in [-0.2, -0.15) is 0 Å². The Morgan fingerprint density at radius 2 is 1.86 bits per heavy atom. The van der Waals surface area contributed by atoms with Gasteiger partial charge < -0.3 is 4.90 Å². The summed E-state index contributed by atoms with van der Waals surface area (Å²) in [4.78, 5) is 9.61. The van der Waals surface area contributed by atoms with Crippen molar-refractivity contribution in [1.29, 1.82) is 0 Å². The molecule has 1 aromatic heterocycles. The van der Waals surface area contributed by atoms with Crippen molar-refractivity contribution in [1.82, 2.24) is 19.6 Å². The molecule has 0 spiro atoms. The van der Waals surface area contributed by atoms with Crippen molar-refractivity contribution in [2.24, 2.45) is 11.8 Å². The smallest absolute Gasteiger partial charge is 0.243 e. The van der Waals surface area contributed by atoms with E-state index in [-0.39, 0.29) is 16.9 Å². The SMILES string of the molecule is CC(C)CC(CN(C)C)NS(=O)(=O)c1cnc(NN)nc1. The Balaban J connectivity index is 2.88. The zero-order valence-corrected chi connectivity index (χ0v) is 13.7. The lowest BCUT2D eigenvalue weighted by molar-refractivity contribution is 0.329. The van der Waals surface area contributed by atoms with E-state index in [1.807, 2.05) is 19.0 Å². The van der Waals surface area contributed by atoms with E-state index < -0.39 is 10.0 Å². The fraction of sp³-hybridized carbons (Fsp3) is 0.667. The lowest BCUT2D eigenvalue weighted by atomic mass is 10.0. The van der Waals surface area contributed by atoms with Crippen LogP contribution in [0.1, 0.15) is 20.3 Å². The molecule has 1 heterocycles. The number of rotatable bonds is 8. The van der Waals surface area contributed by atoms with E-state index in [9.17, 15) is 8.42 Å². The number of nitrogens with one attached hydrogen (secondary N) is 2. The summed E-state index contributed by atoms with van der Waals surface area (Å²) in [5.74, 6) is 5.71. The molecule has 21 heavy (non-hydrogen) atoms. The monoisotopic (exact) mass is 316 g/mol. The van der Waals surface area contributed by atoms with Gasteiger partial charge in [0.05, 0.1) is 12.4 Å². The molecular formula is C12H24N6O2S. The molecule has 1 aromatic rings. The highest BCUT2D eigenvalue weighted by molar-refractivity contribution is 7.89. The van der Waals surface area contributed by atoms with Crippen LogP contribution in [0.25, 0.3) is 0 Å². The Kier molecular flexibility index (Phi) is 6.46.